The zero-order valence-corrected chi connectivity index (χ0v) is 16.6. The lowest BCUT2D eigenvalue weighted by Gasteiger charge is -2.10. The van der Waals surface area contributed by atoms with E-state index in [2.05, 4.69) is 20.8 Å². The Labute approximate surface area is 169 Å². The predicted molar refractivity (Wildman–Crippen MR) is 105 cm³/mol. The molecule has 0 atom stereocenters. The minimum atomic E-state index is -4.02. The van der Waals surface area contributed by atoms with Crippen LogP contribution in [0.4, 0.5) is 5.69 Å². The normalized spacial score (nSPS) is 11.2. The summed E-state index contributed by atoms with van der Waals surface area (Å²) in [7, 11) is -2.70. The number of anilines is 1. The van der Waals surface area contributed by atoms with E-state index in [1.807, 2.05) is 0 Å². The Bertz CT molecular complexity index is 1130. The number of thioether (sulfide) groups is 1. The minimum Gasteiger partial charge on any atom is -0.508 e. The smallest absolute Gasteiger partial charge is 0.241 e. The number of carbonyl (C=O) groups is 1. The average Bonchev–Trinajstić information content (AvgIpc) is 3.15. The van der Waals surface area contributed by atoms with E-state index in [0.29, 0.717) is 10.8 Å². The van der Waals surface area contributed by atoms with Crippen molar-refractivity contribution in [1.29, 1.82) is 0 Å². The highest BCUT2D eigenvalue weighted by Gasteiger charge is 2.17. The Hall–Kier alpha value is -3.16. The lowest BCUT2D eigenvalue weighted by atomic mass is 10.3. The van der Waals surface area contributed by atoms with Crippen LogP contribution in [0, 0.1) is 0 Å². The Morgan fingerprint density at radius 2 is 2.00 bits per heavy atom. The van der Waals surface area contributed by atoms with Gasteiger partial charge in [0.15, 0.2) is 0 Å². The molecule has 0 bridgehead atoms. The van der Waals surface area contributed by atoms with Crippen LogP contribution in [0.15, 0.2) is 52.5 Å². The molecule has 0 radical (unpaired) electrons. The van der Waals surface area contributed by atoms with Crippen molar-refractivity contribution in [3.63, 3.8) is 0 Å². The van der Waals surface area contributed by atoms with Gasteiger partial charge < -0.3 is 15.2 Å². The van der Waals surface area contributed by atoms with Crippen molar-refractivity contribution in [2.75, 3.05) is 18.2 Å². The van der Waals surface area contributed by atoms with Crippen molar-refractivity contribution in [1.82, 2.24) is 20.2 Å². The fourth-order valence-corrected chi connectivity index (χ4v) is 3.74. The third kappa shape index (κ3) is 5.01. The lowest BCUT2D eigenvalue weighted by Crippen LogP contribution is -2.17. The molecule has 0 spiro atoms. The molecule has 1 amide bonds. The van der Waals surface area contributed by atoms with Crippen LogP contribution in [0.25, 0.3) is 5.69 Å². The molecule has 29 heavy (non-hydrogen) atoms. The van der Waals surface area contributed by atoms with E-state index in [9.17, 15) is 18.3 Å². The van der Waals surface area contributed by atoms with Crippen LogP contribution in [0.2, 0.25) is 0 Å². The molecule has 3 aromatic rings. The largest absolute Gasteiger partial charge is 0.508 e. The molecule has 0 aliphatic rings. The molecule has 0 aliphatic carbocycles. The van der Waals surface area contributed by atoms with E-state index < -0.39 is 15.9 Å². The monoisotopic (exact) mass is 436 g/mol. The maximum atomic E-state index is 12.3. The fourth-order valence-electron chi connectivity index (χ4n) is 2.33. The number of primary sulfonamides is 1. The van der Waals surface area contributed by atoms with Gasteiger partial charge in [0, 0.05) is 5.69 Å². The summed E-state index contributed by atoms with van der Waals surface area (Å²) in [4.78, 5) is 12.0. The molecular weight excluding hydrogens is 420 g/mol. The number of hydrogen-bond donors (Lipinski definition) is 3. The highest BCUT2D eigenvalue weighted by atomic mass is 32.2. The van der Waals surface area contributed by atoms with Crippen molar-refractivity contribution in [3.8, 4) is 17.2 Å². The SMILES string of the molecule is COc1ccc(NC(=O)CSc2nnnn2-c2ccc(O)cc2)cc1S(N)(=O)=O. The summed E-state index contributed by atoms with van der Waals surface area (Å²) in [5, 5.41) is 28.8. The molecule has 3 rings (SSSR count). The third-order valence-electron chi connectivity index (χ3n) is 3.62. The first-order valence-electron chi connectivity index (χ1n) is 7.99. The van der Waals surface area contributed by atoms with Gasteiger partial charge in [-0.15, -0.1) is 5.10 Å². The summed E-state index contributed by atoms with van der Waals surface area (Å²) in [6.45, 7) is 0. The number of aromatic nitrogens is 4. The number of carbonyl (C=O) groups excluding carboxylic acids is 1. The topological polar surface area (TPSA) is 162 Å². The lowest BCUT2D eigenvalue weighted by molar-refractivity contribution is -0.113. The molecule has 0 fully saturated rings. The quantitative estimate of drug-likeness (QED) is 0.454. The first-order valence-corrected chi connectivity index (χ1v) is 10.5. The fraction of sp³-hybridized carbons (Fsp3) is 0.125. The van der Waals surface area contributed by atoms with E-state index in [1.54, 1.807) is 12.1 Å². The van der Waals surface area contributed by atoms with Crippen LogP contribution in [0.5, 0.6) is 11.5 Å². The summed E-state index contributed by atoms with van der Waals surface area (Å²) >= 11 is 1.08. The maximum absolute atomic E-state index is 12.3. The number of aromatic hydroxyl groups is 1. The van der Waals surface area contributed by atoms with Gasteiger partial charge in [-0.25, -0.2) is 13.6 Å². The Kier molecular flexibility index (Phi) is 6.00. The summed E-state index contributed by atoms with van der Waals surface area (Å²) in [6.07, 6.45) is 0. The number of amides is 1. The van der Waals surface area contributed by atoms with Gasteiger partial charge in [0.05, 0.1) is 18.6 Å². The second kappa shape index (κ2) is 8.46. The predicted octanol–water partition coefficient (Wildman–Crippen LogP) is 0.755. The molecule has 1 aromatic heterocycles. The van der Waals surface area contributed by atoms with Crippen LogP contribution in [0.3, 0.4) is 0 Å². The molecule has 1 heterocycles. The Morgan fingerprint density at radius 3 is 2.66 bits per heavy atom. The molecule has 4 N–H and O–H groups in total. The molecule has 2 aromatic carbocycles. The van der Waals surface area contributed by atoms with E-state index in [0.717, 1.165) is 11.8 Å². The van der Waals surface area contributed by atoms with Crippen LogP contribution in [0.1, 0.15) is 0 Å². The molecule has 0 unspecified atom stereocenters. The number of nitrogens with zero attached hydrogens (tertiary/aromatic N) is 4. The second-order valence-electron chi connectivity index (χ2n) is 5.64. The van der Waals surface area contributed by atoms with E-state index in [4.69, 9.17) is 9.88 Å². The van der Waals surface area contributed by atoms with Crippen LogP contribution >= 0.6 is 11.8 Å². The minimum absolute atomic E-state index is 0.0325. The molecule has 0 saturated carbocycles. The van der Waals surface area contributed by atoms with Gasteiger partial charge in [0.25, 0.3) is 0 Å². The number of tetrazole rings is 1. The van der Waals surface area contributed by atoms with Gasteiger partial charge in [-0.2, -0.15) is 4.68 Å². The van der Waals surface area contributed by atoms with Gasteiger partial charge in [-0.3, -0.25) is 4.79 Å². The van der Waals surface area contributed by atoms with Gasteiger partial charge in [0.1, 0.15) is 16.4 Å². The second-order valence-corrected chi connectivity index (χ2v) is 8.11. The number of nitrogens with one attached hydrogen (secondary N) is 1. The van der Waals surface area contributed by atoms with Gasteiger partial charge in [-0.05, 0) is 52.9 Å². The highest BCUT2D eigenvalue weighted by Crippen LogP contribution is 2.26. The first-order chi connectivity index (χ1) is 13.8. The number of phenolic OH excluding ortho intramolecular Hbond substituents is 1. The first kappa shape index (κ1) is 20.6. The summed E-state index contributed by atoms with van der Waals surface area (Å²) in [6, 6.07) is 10.3. The van der Waals surface area contributed by atoms with E-state index in [-0.39, 0.29) is 27.8 Å². The maximum Gasteiger partial charge on any atom is 0.241 e. The number of ether oxygens (including phenoxy) is 1. The third-order valence-corrected chi connectivity index (χ3v) is 5.47. The number of sulfonamides is 1. The Balaban J connectivity index is 1.69. The Morgan fingerprint density at radius 1 is 1.28 bits per heavy atom. The molecule has 0 aliphatic heterocycles. The van der Waals surface area contributed by atoms with E-state index >= 15 is 0 Å². The van der Waals surface area contributed by atoms with Crippen molar-refractivity contribution in [2.45, 2.75) is 10.1 Å². The summed E-state index contributed by atoms with van der Waals surface area (Å²) < 4.78 is 29.7. The number of benzene rings is 2. The number of methoxy groups -OCH3 is 1. The van der Waals surface area contributed by atoms with Crippen molar-refractivity contribution >= 4 is 33.4 Å². The zero-order chi connectivity index (χ0) is 21.0. The molecule has 13 heteroatoms. The summed E-state index contributed by atoms with van der Waals surface area (Å²) in [5.74, 6) is -0.252. The molecule has 152 valence electrons. The molecular formula is C16H16N6O5S2. The van der Waals surface area contributed by atoms with E-state index in [1.165, 1.54) is 42.1 Å². The van der Waals surface area contributed by atoms with Crippen molar-refractivity contribution in [3.05, 3.63) is 42.5 Å². The van der Waals surface area contributed by atoms with Crippen LogP contribution in [-0.2, 0) is 14.8 Å². The van der Waals surface area contributed by atoms with Crippen molar-refractivity contribution < 1.29 is 23.1 Å². The average molecular weight is 436 g/mol. The molecule has 11 nitrogen and oxygen atoms in total. The van der Waals surface area contributed by atoms with Gasteiger partial charge in [0.2, 0.25) is 21.1 Å². The van der Waals surface area contributed by atoms with Gasteiger partial charge >= 0.3 is 0 Å². The van der Waals surface area contributed by atoms with Crippen molar-refractivity contribution in [2.24, 2.45) is 5.14 Å². The summed E-state index contributed by atoms with van der Waals surface area (Å²) in [5.41, 5.74) is 0.863. The highest BCUT2D eigenvalue weighted by molar-refractivity contribution is 7.99. The zero-order valence-electron chi connectivity index (χ0n) is 15.0. The van der Waals surface area contributed by atoms with Gasteiger partial charge in [-0.1, -0.05) is 11.8 Å². The number of nitrogens with two attached hydrogens (primary N) is 1. The number of rotatable bonds is 7. The standard InChI is InChI=1S/C16H16N6O5S2/c1-27-13-7-2-10(8-14(13)29(17,25)26)18-15(24)9-28-16-19-20-21-22(16)11-3-5-12(23)6-4-11/h2-8,23H,9H2,1H3,(H,18,24)(H2,17,25,26). The van der Waals surface area contributed by atoms with Crippen LogP contribution < -0.4 is 15.2 Å². The number of phenols is 1. The van der Waals surface area contributed by atoms with Crippen LogP contribution in [-0.4, -0.2) is 52.5 Å². The number of hydrogen-bond acceptors (Lipinski definition) is 9. The molecule has 0 saturated heterocycles.